The van der Waals surface area contributed by atoms with Crippen molar-refractivity contribution in [2.75, 3.05) is 20.2 Å². The number of carbonyl (C=O) groups excluding carboxylic acids is 1. The number of alkyl halides is 1. The fraction of sp³-hybridized carbons (Fsp3) is 0.333. The molecule has 37 heavy (non-hydrogen) atoms. The number of aliphatic hydroxyl groups excluding tert-OH is 1. The van der Waals surface area contributed by atoms with Gasteiger partial charge >= 0.3 is 0 Å². The molecule has 0 radical (unpaired) electrons. The van der Waals surface area contributed by atoms with Crippen LogP contribution in [0.1, 0.15) is 22.6 Å². The highest BCUT2D eigenvalue weighted by Crippen LogP contribution is 2.70. The molecule has 5 atom stereocenters. The highest BCUT2D eigenvalue weighted by Gasteiger charge is 2.78. The fourth-order valence-electron chi connectivity index (χ4n) is 6.20. The quantitative estimate of drug-likeness (QED) is 0.448. The van der Waals surface area contributed by atoms with Crippen LogP contribution in [-0.4, -0.2) is 58.5 Å². The number of fused-ring (bicyclic) bond motifs is 3. The first-order valence-corrected chi connectivity index (χ1v) is 13.0. The summed E-state index contributed by atoms with van der Waals surface area (Å²) in [5.41, 5.74) is -2.53. The van der Waals surface area contributed by atoms with Gasteiger partial charge in [0, 0.05) is 16.5 Å². The number of pyridine rings is 1. The summed E-state index contributed by atoms with van der Waals surface area (Å²) in [6, 6.07) is 17.7. The van der Waals surface area contributed by atoms with E-state index < -0.39 is 41.2 Å². The van der Waals surface area contributed by atoms with E-state index in [9.17, 15) is 19.4 Å². The molecular weight excluding hydrogens is 567 g/mol. The molecular formula is C27H23BrClFN2O5. The Bertz CT molecular complexity index is 1370. The first-order valence-electron chi connectivity index (χ1n) is 11.8. The number of benzene rings is 2. The third kappa shape index (κ3) is 3.30. The number of hydrogen-bond acceptors (Lipinski definition) is 6. The predicted octanol–water partition coefficient (Wildman–Crippen LogP) is 3.94. The Labute approximate surface area is 225 Å². The Hall–Kier alpha value is -2.72. The van der Waals surface area contributed by atoms with Gasteiger partial charge in [-0.15, -0.1) is 0 Å². The van der Waals surface area contributed by atoms with E-state index in [1.165, 1.54) is 18.1 Å². The molecule has 0 spiro atoms. The Kier molecular flexibility index (Phi) is 5.76. The van der Waals surface area contributed by atoms with Crippen molar-refractivity contribution in [2.24, 2.45) is 5.92 Å². The van der Waals surface area contributed by atoms with E-state index in [2.05, 4.69) is 20.9 Å². The SMILES string of the molecule is COc1nc(Cl)cc2c1[C@]1(O)[C@H](O)[C@H](C(=O)N3CC(F)C3)[C@@H](c3ccccc3)[C@]1(c1ccc(Br)cc1)O2. The number of methoxy groups -OCH3 is 1. The molecule has 1 amide bonds. The zero-order valence-corrected chi connectivity index (χ0v) is 22.0. The number of hydrogen-bond donors (Lipinski definition) is 2. The number of nitrogens with zero attached hydrogens (tertiary/aromatic N) is 2. The number of aromatic nitrogens is 1. The van der Waals surface area contributed by atoms with Crippen LogP contribution in [0.2, 0.25) is 5.15 Å². The minimum Gasteiger partial charge on any atom is -0.481 e. The molecule has 2 fully saturated rings. The minimum absolute atomic E-state index is 0.0179. The summed E-state index contributed by atoms with van der Waals surface area (Å²) >= 11 is 9.70. The molecule has 1 saturated carbocycles. The molecule has 1 aromatic heterocycles. The van der Waals surface area contributed by atoms with E-state index in [1.807, 2.05) is 30.3 Å². The van der Waals surface area contributed by atoms with Crippen LogP contribution in [0.4, 0.5) is 4.39 Å². The lowest BCUT2D eigenvalue weighted by Gasteiger charge is -2.41. The van der Waals surface area contributed by atoms with Crippen molar-refractivity contribution < 1.29 is 28.9 Å². The second-order valence-electron chi connectivity index (χ2n) is 9.64. The molecule has 3 heterocycles. The van der Waals surface area contributed by atoms with Crippen molar-refractivity contribution in [1.82, 2.24) is 9.88 Å². The smallest absolute Gasteiger partial charge is 0.229 e. The average Bonchev–Trinajstić information content (AvgIpc) is 3.24. The molecule has 1 saturated heterocycles. The number of rotatable bonds is 4. The van der Waals surface area contributed by atoms with Gasteiger partial charge < -0.3 is 24.6 Å². The van der Waals surface area contributed by atoms with E-state index in [1.54, 1.807) is 24.3 Å². The van der Waals surface area contributed by atoms with Gasteiger partial charge in [-0.1, -0.05) is 70.0 Å². The van der Waals surface area contributed by atoms with Crippen LogP contribution in [0.3, 0.4) is 0 Å². The summed E-state index contributed by atoms with van der Waals surface area (Å²) in [6.45, 7) is -0.129. The Morgan fingerprint density at radius 2 is 1.89 bits per heavy atom. The molecule has 7 nitrogen and oxygen atoms in total. The van der Waals surface area contributed by atoms with E-state index >= 15 is 0 Å². The average molecular weight is 590 g/mol. The van der Waals surface area contributed by atoms with Crippen molar-refractivity contribution >= 4 is 33.4 Å². The van der Waals surface area contributed by atoms with Gasteiger partial charge in [-0.2, -0.15) is 0 Å². The lowest BCUT2D eigenvalue weighted by molar-refractivity contribution is -0.159. The summed E-state index contributed by atoms with van der Waals surface area (Å²) < 4.78 is 26.7. The zero-order valence-electron chi connectivity index (χ0n) is 19.6. The summed E-state index contributed by atoms with van der Waals surface area (Å²) in [7, 11) is 1.38. The van der Waals surface area contributed by atoms with Gasteiger partial charge in [-0.05, 0) is 23.3 Å². The minimum atomic E-state index is -2.17. The lowest BCUT2D eigenvalue weighted by Crippen LogP contribution is -2.55. The number of carbonyl (C=O) groups is 1. The first-order chi connectivity index (χ1) is 17.7. The third-order valence-corrected chi connectivity index (χ3v) is 8.48. The van der Waals surface area contributed by atoms with Gasteiger partial charge in [0.05, 0.1) is 31.7 Å². The standard InChI is InChI=1S/C27H23BrClFN2O5/c1-36-24-22-18(11-19(29)31-24)37-27(15-7-9-16(28)10-8-15)21(14-5-3-2-4-6-14)20(23(33)26(22,27)35)25(34)32-12-17(30)13-32/h2-11,17,20-21,23,33,35H,12-13H2,1H3/t20-,21-,23-,26+,27+/m1/s1. The highest BCUT2D eigenvalue weighted by atomic mass is 79.9. The number of amides is 1. The van der Waals surface area contributed by atoms with Crippen LogP contribution in [0.25, 0.3) is 0 Å². The second-order valence-corrected chi connectivity index (χ2v) is 10.9. The lowest BCUT2D eigenvalue weighted by atomic mass is 9.70. The Balaban J connectivity index is 1.66. The zero-order chi connectivity index (χ0) is 26.1. The molecule has 0 unspecified atom stereocenters. The van der Waals surface area contributed by atoms with Gasteiger partial charge in [0.2, 0.25) is 11.8 Å². The van der Waals surface area contributed by atoms with E-state index in [4.69, 9.17) is 21.1 Å². The van der Waals surface area contributed by atoms with E-state index in [0.717, 1.165) is 4.47 Å². The summed E-state index contributed by atoms with van der Waals surface area (Å²) in [6.07, 6.45) is -2.77. The molecule has 6 rings (SSSR count). The van der Waals surface area contributed by atoms with Crippen molar-refractivity contribution in [2.45, 2.75) is 29.4 Å². The topological polar surface area (TPSA) is 92.1 Å². The Morgan fingerprint density at radius 3 is 2.51 bits per heavy atom. The van der Waals surface area contributed by atoms with Crippen molar-refractivity contribution in [3.05, 3.63) is 87.0 Å². The fourth-order valence-corrected chi connectivity index (χ4v) is 6.64. The monoisotopic (exact) mass is 588 g/mol. The number of likely N-dealkylation sites (tertiary alicyclic amines) is 1. The van der Waals surface area contributed by atoms with Crippen LogP contribution >= 0.6 is 27.5 Å². The number of ether oxygens (including phenoxy) is 2. The van der Waals surface area contributed by atoms with Crippen molar-refractivity contribution in [3.8, 4) is 11.6 Å². The van der Waals surface area contributed by atoms with Gasteiger partial charge in [-0.3, -0.25) is 4.79 Å². The summed E-state index contributed by atoms with van der Waals surface area (Å²) in [5, 5.41) is 24.8. The molecule has 3 aromatic rings. The van der Waals surface area contributed by atoms with Crippen LogP contribution in [-0.2, 0) is 16.0 Å². The summed E-state index contributed by atoms with van der Waals surface area (Å²) in [4.78, 5) is 19.4. The Morgan fingerprint density at radius 1 is 1.22 bits per heavy atom. The van der Waals surface area contributed by atoms with Gasteiger partial charge in [0.15, 0.2) is 11.2 Å². The summed E-state index contributed by atoms with van der Waals surface area (Å²) in [5.74, 6) is -2.30. The van der Waals surface area contributed by atoms with Gasteiger partial charge in [-0.25, -0.2) is 9.37 Å². The third-order valence-electron chi connectivity index (χ3n) is 7.76. The first kappa shape index (κ1) is 24.6. The van der Waals surface area contributed by atoms with Crippen LogP contribution in [0, 0.1) is 5.92 Å². The van der Waals surface area contributed by atoms with Crippen LogP contribution in [0.15, 0.2) is 65.1 Å². The second kappa shape index (κ2) is 8.66. The van der Waals surface area contributed by atoms with Crippen molar-refractivity contribution in [3.63, 3.8) is 0 Å². The van der Waals surface area contributed by atoms with Crippen LogP contribution in [0.5, 0.6) is 11.6 Å². The molecule has 0 bridgehead atoms. The molecule has 192 valence electrons. The maximum absolute atomic E-state index is 13.8. The maximum Gasteiger partial charge on any atom is 0.229 e. The predicted molar refractivity (Wildman–Crippen MR) is 136 cm³/mol. The van der Waals surface area contributed by atoms with Crippen LogP contribution < -0.4 is 9.47 Å². The number of halogens is 3. The van der Waals surface area contributed by atoms with E-state index in [0.29, 0.717) is 11.1 Å². The molecule has 2 N–H and O–H groups in total. The largest absolute Gasteiger partial charge is 0.481 e. The molecule has 10 heteroatoms. The molecule has 3 aliphatic rings. The van der Waals surface area contributed by atoms with Crippen molar-refractivity contribution in [1.29, 1.82) is 0 Å². The number of aliphatic hydroxyl groups is 2. The molecule has 1 aliphatic carbocycles. The van der Waals surface area contributed by atoms with Gasteiger partial charge in [0.1, 0.15) is 23.2 Å². The normalized spacial score (nSPS) is 30.3. The van der Waals surface area contributed by atoms with E-state index in [-0.39, 0.29) is 35.4 Å². The maximum atomic E-state index is 13.8. The molecule has 2 aromatic carbocycles. The molecule has 2 aliphatic heterocycles. The van der Waals surface area contributed by atoms with Gasteiger partial charge in [0.25, 0.3) is 0 Å². The highest BCUT2D eigenvalue weighted by molar-refractivity contribution is 9.10.